The molecule has 0 fully saturated rings. The fourth-order valence-corrected chi connectivity index (χ4v) is 4.80. The van der Waals surface area contributed by atoms with E-state index in [4.69, 9.17) is 9.47 Å². The topological polar surface area (TPSA) is 70.4 Å². The van der Waals surface area contributed by atoms with Gasteiger partial charge < -0.3 is 9.47 Å². The maximum absolute atomic E-state index is 12.6. The molecule has 0 amide bonds. The molecule has 0 radical (unpaired) electrons. The molecule has 0 bridgehead atoms. The van der Waals surface area contributed by atoms with Gasteiger partial charge in [-0.05, 0) is 75.6 Å². The summed E-state index contributed by atoms with van der Waals surface area (Å²) in [5.74, 6) is -0.699. The average Bonchev–Trinajstić information content (AvgIpc) is 3.34. The number of hydrogen-bond acceptors (Lipinski definition) is 6. The number of carbonyl (C=O) groups excluding carboxylic acids is 2. The van der Waals surface area contributed by atoms with Gasteiger partial charge >= 0.3 is 11.9 Å². The summed E-state index contributed by atoms with van der Waals surface area (Å²) in [7, 11) is 0. The van der Waals surface area contributed by atoms with Gasteiger partial charge in [-0.25, -0.2) is 4.79 Å². The Kier molecular flexibility index (Phi) is 8.60. The molecule has 6 nitrogen and oxygen atoms in total. The highest BCUT2D eigenvalue weighted by atomic mass is 32.2. The first-order chi connectivity index (χ1) is 18.5. The van der Waals surface area contributed by atoms with E-state index in [0.717, 1.165) is 16.0 Å². The third-order valence-electron chi connectivity index (χ3n) is 5.82. The molecule has 3 aromatic carbocycles. The molecule has 0 saturated carbocycles. The highest BCUT2D eigenvalue weighted by Gasteiger charge is 2.33. The lowest BCUT2D eigenvalue weighted by Crippen LogP contribution is -2.36. The Balaban J connectivity index is 1.28. The fraction of sp³-hybridized carbons (Fsp3) is 0.281. The smallest absolute Gasteiger partial charge is 0.338 e. The molecule has 0 aliphatic heterocycles. The minimum absolute atomic E-state index is 0.133. The van der Waals surface area contributed by atoms with Crippen LogP contribution >= 0.6 is 11.8 Å². The highest BCUT2D eigenvalue weighted by Crippen LogP contribution is 2.34. The largest absolute Gasteiger partial charge is 0.459 e. The molecule has 4 rings (SSSR count). The van der Waals surface area contributed by atoms with E-state index in [-0.39, 0.29) is 12.6 Å². The Labute approximate surface area is 234 Å². The number of nitrogens with zero attached hydrogens (tertiary/aromatic N) is 2. The fourth-order valence-electron chi connectivity index (χ4n) is 3.82. The van der Waals surface area contributed by atoms with E-state index in [1.807, 2.05) is 75.8 Å². The predicted molar refractivity (Wildman–Crippen MR) is 155 cm³/mol. The van der Waals surface area contributed by atoms with Gasteiger partial charge in [0.25, 0.3) is 0 Å². The molecule has 0 spiro atoms. The van der Waals surface area contributed by atoms with Crippen LogP contribution in [0.15, 0.2) is 96.2 Å². The lowest BCUT2D eigenvalue weighted by Gasteiger charge is -2.28. The summed E-state index contributed by atoms with van der Waals surface area (Å²) in [4.78, 5) is 26.0. The Bertz CT molecular complexity index is 1400. The van der Waals surface area contributed by atoms with Crippen LogP contribution in [0.4, 0.5) is 0 Å². The van der Waals surface area contributed by atoms with Crippen LogP contribution in [0.5, 0.6) is 0 Å². The Hall–Kier alpha value is -3.84. The standard InChI is InChI=1S/C32H34N2O4S/c1-31(2,3)38-30(36)32(4,5)39-28-17-15-27(16-18-28)29(35)37-22-24-19-33-34(21-24)20-23-11-13-26(14-12-23)25-9-7-6-8-10-25/h6-19,21H,20,22H2,1-5H3. The van der Waals surface area contributed by atoms with Gasteiger partial charge in [0, 0.05) is 16.7 Å². The van der Waals surface area contributed by atoms with E-state index in [1.165, 1.54) is 22.9 Å². The monoisotopic (exact) mass is 542 g/mol. The van der Waals surface area contributed by atoms with Crippen LogP contribution in [0.2, 0.25) is 0 Å². The van der Waals surface area contributed by atoms with Crippen molar-refractivity contribution < 1.29 is 19.1 Å². The van der Waals surface area contributed by atoms with E-state index >= 15 is 0 Å². The van der Waals surface area contributed by atoms with E-state index in [9.17, 15) is 9.59 Å². The second-order valence-corrected chi connectivity index (χ2v) is 12.5. The molecule has 0 unspecified atom stereocenters. The van der Waals surface area contributed by atoms with Crippen molar-refractivity contribution in [2.75, 3.05) is 0 Å². The number of hydrogen-bond donors (Lipinski definition) is 0. The van der Waals surface area contributed by atoms with Gasteiger partial charge in [0.1, 0.15) is 17.0 Å². The van der Waals surface area contributed by atoms with Gasteiger partial charge in [-0.1, -0.05) is 54.6 Å². The van der Waals surface area contributed by atoms with Crippen LogP contribution in [-0.2, 0) is 27.4 Å². The van der Waals surface area contributed by atoms with Gasteiger partial charge in [0.15, 0.2) is 0 Å². The SMILES string of the molecule is CC(C)(C)OC(=O)C(C)(C)Sc1ccc(C(=O)OCc2cnn(Cc3ccc(-c4ccccc4)cc3)c2)cc1. The molecule has 1 heterocycles. The number of esters is 2. The average molecular weight is 543 g/mol. The maximum Gasteiger partial charge on any atom is 0.338 e. The summed E-state index contributed by atoms with van der Waals surface area (Å²) in [6.45, 7) is 9.96. The van der Waals surface area contributed by atoms with Crippen LogP contribution in [-0.4, -0.2) is 32.1 Å². The van der Waals surface area contributed by atoms with Crippen molar-refractivity contribution in [1.82, 2.24) is 9.78 Å². The van der Waals surface area contributed by atoms with Gasteiger partial charge in [0.05, 0.1) is 18.3 Å². The number of benzene rings is 3. The molecule has 4 aromatic rings. The van der Waals surface area contributed by atoms with Crippen molar-refractivity contribution >= 4 is 23.7 Å². The number of rotatable bonds is 9. The van der Waals surface area contributed by atoms with E-state index in [0.29, 0.717) is 12.1 Å². The molecule has 0 aliphatic rings. The molecule has 0 atom stereocenters. The van der Waals surface area contributed by atoms with Gasteiger partial charge in [0.2, 0.25) is 0 Å². The molecular weight excluding hydrogens is 508 g/mol. The third-order valence-corrected chi connectivity index (χ3v) is 7.00. The summed E-state index contributed by atoms with van der Waals surface area (Å²) in [6, 6.07) is 25.7. The normalized spacial score (nSPS) is 11.7. The van der Waals surface area contributed by atoms with Crippen LogP contribution in [0.25, 0.3) is 11.1 Å². The van der Waals surface area contributed by atoms with E-state index < -0.39 is 16.3 Å². The Morgan fingerprint density at radius 3 is 2.10 bits per heavy atom. The van der Waals surface area contributed by atoms with Crippen molar-refractivity contribution in [2.45, 2.75) is 63.0 Å². The zero-order chi connectivity index (χ0) is 28.0. The Morgan fingerprint density at radius 2 is 1.46 bits per heavy atom. The number of thioether (sulfide) groups is 1. The third kappa shape index (κ3) is 8.07. The summed E-state index contributed by atoms with van der Waals surface area (Å²) >= 11 is 1.39. The molecule has 39 heavy (non-hydrogen) atoms. The lowest BCUT2D eigenvalue weighted by molar-refractivity contribution is -0.156. The molecule has 0 aliphatic carbocycles. The predicted octanol–water partition coefficient (Wildman–Crippen LogP) is 7.17. The molecule has 7 heteroatoms. The zero-order valence-electron chi connectivity index (χ0n) is 23.0. The maximum atomic E-state index is 12.6. The zero-order valence-corrected chi connectivity index (χ0v) is 23.8. The van der Waals surface area contributed by atoms with E-state index in [2.05, 4.69) is 41.5 Å². The van der Waals surface area contributed by atoms with Crippen molar-refractivity contribution in [3.63, 3.8) is 0 Å². The second-order valence-electron chi connectivity index (χ2n) is 10.8. The highest BCUT2D eigenvalue weighted by molar-refractivity contribution is 8.01. The quantitative estimate of drug-likeness (QED) is 0.165. The summed E-state index contributed by atoms with van der Waals surface area (Å²) in [6.07, 6.45) is 3.60. The van der Waals surface area contributed by atoms with Crippen LogP contribution in [0.3, 0.4) is 0 Å². The van der Waals surface area contributed by atoms with Crippen LogP contribution in [0.1, 0.15) is 56.1 Å². The van der Waals surface area contributed by atoms with Crippen molar-refractivity contribution in [1.29, 1.82) is 0 Å². The van der Waals surface area contributed by atoms with Crippen molar-refractivity contribution in [2.24, 2.45) is 0 Å². The molecule has 202 valence electrons. The number of ether oxygens (including phenoxy) is 2. The van der Waals surface area contributed by atoms with Crippen LogP contribution in [0, 0.1) is 0 Å². The first-order valence-corrected chi connectivity index (χ1v) is 13.7. The molecular formula is C32H34N2O4S. The minimum Gasteiger partial charge on any atom is -0.459 e. The van der Waals surface area contributed by atoms with Crippen molar-refractivity contribution in [3.8, 4) is 11.1 Å². The van der Waals surface area contributed by atoms with Gasteiger partial charge in [-0.2, -0.15) is 5.10 Å². The molecule has 0 N–H and O–H groups in total. The first kappa shape index (κ1) is 28.2. The van der Waals surface area contributed by atoms with Gasteiger partial charge in [-0.15, -0.1) is 11.8 Å². The van der Waals surface area contributed by atoms with Gasteiger partial charge in [-0.3, -0.25) is 9.48 Å². The molecule has 1 aromatic heterocycles. The summed E-state index contributed by atoms with van der Waals surface area (Å²) < 4.78 is 12.1. The minimum atomic E-state index is -0.764. The second kappa shape index (κ2) is 11.9. The van der Waals surface area contributed by atoms with Crippen LogP contribution < -0.4 is 0 Å². The Morgan fingerprint density at radius 1 is 0.821 bits per heavy atom. The summed E-state index contributed by atoms with van der Waals surface area (Å²) in [5.41, 5.74) is 4.20. The number of aromatic nitrogens is 2. The summed E-state index contributed by atoms with van der Waals surface area (Å²) in [5, 5.41) is 4.41. The first-order valence-electron chi connectivity index (χ1n) is 12.8. The van der Waals surface area contributed by atoms with E-state index in [1.54, 1.807) is 18.3 Å². The van der Waals surface area contributed by atoms with Crippen molar-refractivity contribution in [3.05, 3.63) is 108 Å². The molecule has 0 saturated heterocycles. The number of carbonyl (C=O) groups is 2. The lowest BCUT2D eigenvalue weighted by atomic mass is 10.0.